The minimum Gasteiger partial charge on any atom is -0.313 e. The van der Waals surface area contributed by atoms with Crippen LogP contribution in [0, 0.1) is 0 Å². The van der Waals surface area contributed by atoms with Crippen molar-refractivity contribution >= 4 is 0 Å². The minimum atomic E-state index is 0.712. The number of nitrogens with one attached hydrogen (secondary N) is 1. The molecule has 1 atom stereocenters. The second-order valence-corrected chi connectivity index (χ2v) is 4.66. The van der Waals surface area contributed by atoms with Crippen molar-refractivity contribution < 1.29 is 0 Å². The van der Waals surface area contributed by atoms with Crippen molar-refractivity contribution in [1.82, 2.24) is 10.2 Å². The molecule has 1 aliphatic heterocycles. The second kappa shape index (κ2) is 6.02. The first-order chi connectivity index (χ1) is 7.88. The highest BCUT2D eigenvalue weighted by Gasteiger charge is 2.21. The van der Waals surface area contributed by atoms with Gasteiger partial charge in [0.2, 0.25) is 0 Å². The third-order valence-electron chi connectivity index (χ3n) is 3.20. The van der Waals surface area contributed by atoms with E-state index in [1.165, 1.54) is 31.5 Å². The zero-order valence-corrected chi connectivity index (χ0v) is 10.2. The summed E-state index contributed by atoms with van der Waals surface area (Å²) in [7, 11) is 0. The predicted octanol–water partition coefficient (Wildman–Crippen LogP) is 2.26. The summed E-state index contributed by atoms with van der Waals surface area (Å²) in [6, 6.07) is 11.5. The summed E-state index contributed by atoms with van der Waals surface area (Å²) in [5.41, 5.74) is 1.43. The summed E-state index contributed by atoms with van der Waals surface area (Å²) in [5.74, 6) is 0. The van der Waals surface area contributed by atoms with E-state index in [1.54, 1.807) is 0 Å². The van der Waals surface area contributed by atoms with Crippen molar-refractivity contribution in [2.45, 2.75) is 32.4 Å². The highest BCUT2D eigenvalue weighted by atomic mass is 15.2. The van der Waals surface area contributed by atoms with E-state index in [2.05, 4.69) is 47.5 Å². The van der Waals surface area contributed by atoms with Crippen LogP contribution in [0.3, 0.4) is 0 Å². The van der Waals surface area contributed by atoms with Gasteiger partial charge in [-0.05, 0) is 24.9 Å². The van der Waals surface area contributed by atoms with Crippen molar-refractivity contribution in [3.05, 3.63) is 35.9 Å². The molecule has 0 unspecified atom stereocenters. The fraction of sp³-hybridized carbons (Fsp3) is 0.571. The molecule has 1 heterocycles. The third-order valence-corrected chi connectivity index (χ3v) is 3.20. The second-order valence-electron chi connectivity index (χ2n) is 4.66. The molecule has 0 radical (unpaired) electrons. The van der Waals surface area contributed by atoms with Crippen molar-refractivity contribution in [1.29, 1.82) is 0 Å². The topological polar surface area (TPSA) is 15.3 Å². The Morgan fingerprint density at radius 1 is 1.31 bits per heavy atom. The SMILES string of the molecule is CCCN[C@H]1CCN(Cc2ccccc2)C1. The van der Waals surface area contributed by atoms with Crippen LogP contribution in [0.2, 0.25) is 0 Å². The van der Waals surface area contributed by atoms with Crippen molar-refractivity contribution in [2.75, 3.05) is 19.6 Å². The van der Waals surface area contributed by atoms with Gasteiger partial charge in [-0.15, -0.1) is 0 Å². The molecule has 1 aliphatic rings. The molecule has 1 N–H and O–H groups in total. The molecule has 0 aliphatic carbocycles. The Morgan fingerprint density at radius 3 is 2.88 bits per heavy atom. The van der Waals surface area contributed by atoms with Crippen molar-refractivity contribution in [2.24, 2.45) is 0 Å². The minimum absolute atomic E-state index is 0.712. The molecule has 0 aromatic heterocycles. The van der Waals surface area contributed by atoms with Crippen LogP contribution in [0.1, 0.15) is 25.3 Å². The van der Waals surface area contributed by atoms with E-state index >= 15 is 0 Å². The highest BCUT2D eigenvalue weighted by molar-refractivity contribution is 5.14. The number of hydrogen-bond acceptors (Lipinski definition) is 2. The van der Waals surface area contributed by atoms with Gasteiger partial charge in [0.25, 0.3) is 0 Å². The summed E-state index contributed by atoms with van der Waals surface area (Å²) in [4.78, 5) is 2.54. The zero-order valence-electron chi connectivity index (χ0n) is 10.2. The average Bonchev–Trinajstić information content (AvgIpc) is 2.75. The molecule has 1 aromatic rings. The van der Waals surface area contributed by atoms with E-state index < -0.39 is 0 Å². The molecular weight excluding hydrogens is 196 g/mol. The van der Waals surface area contributed by atoms with Crippen LogP contribution in [0.25, 0.3) is 0 Å². The average molecular weight is 218 g/mol. The fourth-order valence-corrected chi connectivity index (χ4v) is 2.33. The smallest absolute Gasteiger partial charge is 0.0234 e. The Labute approximate surface area is 98.7 Å². The summed E-state index contributed by atoms with van der Waals surface area (Å²) in [6.07, 6.45) is 2.53. The Balaban J connectivity index is 1.76. The molecule has 16 heavy (non-hydrogen) atoms. The number of benzene rings is 1. The predicted molar refractivity (Wildman–Crippen MR) is 68.4 cm³/mol. The lowest BCUT2D eigenvalue weighted by Gasteiger charge is -2.16. The van der Waals surface area contributed by atoms with Gasteiger partial charge < -0.3 is 5.32 Å². The lowest BCUT2D eigenvalue weighted by atomic mass is 10.2. The van der Waals surface area contributed by atoms with Crippen molar-refractivity contribution in [3.8, 4) is 0 Å². The number of likely N-dealkylation sites (tertiary alicyclic amines) is 1. The number of hydrogen-bond donors (Lipinski definition) is 1. The Hall–Kier alpha value is -0.860. The first-order valence-electron chi connectivity index (χ1n) is 6.38. The van der Waals surface area contributed by atoms with E-state index in [4.69, 9.17) is 0 Å². The summed E-state index contributed by atoms with van der Waals surface area (Å²) >= 11 is 0. The van der Waals surface area contributed by atoms with Gasteiger partial charge in [0, 0.05) is 25.7 Å². The van der Waals surface area contributed by atoms with Gasteiger partial charge >= 0.3 is 0 Å². The molecule has 2 heteroatoms. The van der Waals surface area contributed by atoms with Crippen LogP contribution < -0.4 is 5.32 Å². The lowest BCUT2D eigenvalue weighted by molar-refractivity contribution is 0.320. The van der Waals surface area contributed by atoms with E-state index in [1.807, 2.05) is 0 Å². The molecule has 2 nitrogen and oxygen atoms in total. The molecule has 0 amide bonds. The first-order valence-corrected chi connectivity index (χ1v) is 6.38. The summed E-state index contributed by atoms with van der Waals surface area (Å²) in [6.45, 7) is 6.92. The Bertz CT molecular complexity index is 297. The van der Waals surface area contributed by atoms with Gasteiger partial charge in [0.15, 0.2) is 0 Å². The van der Waals surface area contributed by atoms with Crippen LogP contribution >= 0.6 is 0 Å². The molecular formula is C14H22N2. The maximum Gasteiger partial charge on any atom is 0.0234 e. The van der Waals surface area contributed by atoms with Gasteiger partial charge in [0.05, 0.1) is 0 Å². The molecule has 2 rings (SSSR count). The van der Waals surface area contributed by atoms with Gasteiger partial charge in [-0.1, -0.05) is 37.3 Å². The molecule has 1 fully saturated rings. The van der Waals surface area contributed by atoms with Crippen LogP contribution in [-0.4, -0.2) is 30.6 Å². The van der Waals surface area contributed by atoms with Crippen LogP contribution in [-0.2, 0) is 6.54 Å². The van der Waals surface area contributed by atoms with Gasteiger partial charge in [-0.25, -0.2) is 0 Å². The lowest BCUT2D eigenvalue weighted by Crippen LogP contribution is -2.32. The zero-order chi connectivity index (χ0) is 11.2. The monoisotopic (exact) mass is 218 g/mol. The molecule has 0 spiro atoms. The van der Waals surface area contributed by atoms with Gasteiger partial charge in [-0.2, -0.15) is 0 Å². The summed E-state index contributed by atoms with van der Waals surface area (Å²) < 4.78 is 0. The number of rotatable bonds is 5. The van der Waals surface area contributed by atoms with Gasteiger partial charge in [0.1, 0.15) is 0 Å². The Kier molecular flexibility index (Phi) is 4.37. The third kappa shape index (κ3) is 3.32. The van der Waals surface area contributed by atoms with Crippen molar-refractivity contribution in [3.63, 3.8) is 0 Å². The molecule has 0 bridgehead atoms. The quantitative estimate of drug-likeness (QED) is 0.815. The molecule has 1 aromatic carbocycles. The van der Waals surface area contributed by atoms with Crippen LogP contribution in [0.4, 0.5) is 0 Å². The van der Waals surface area contributed by atoms with Crippen LogP contribution in [0.15, 0.2) is 30.3 Å². The Morgan fingerprint density at radius 2 is 2.12 bits per heavy atom. The molecule has 0 saturated carbocycles. The fourth-order valence-electron chi connectivity index (χ4n) is 2.33. The van der Waals surface area contributed by atoms with Gasteiger partial charge in [-0.3, -0.25) is 4.90 Å². The van der Waals surface area contributed by atoms with E-state index in [0.717, 1.165) is 13.1 Å². The molecule has 88 valence electrons. The van der Waals surface area contributed by atoms with E-state index in [9.17, 15) is 0 Å². The summed E-state index contributed by atoms with van der Waals surface area (Å²) in [5, 5.41) is 3.61. The highest BCUT2D eigenvalue weighted by Crippen LogP contribution is 2.13. The standard InChI is InChI=1S/C14H22N2/c1-2-9-15-14-8-10-16(12-14)11-13-6-4-3-5-7-13/h3-7,14-15H,2,8-12H2,1H3/t14-/m0/s1. The largest absolute Gasteiger partial charge is 0.313 e. The normalized spacial score (nSPS) is 21.4. The molecule has 1 saturated heterocycles. The maximum atomic E-state index is 3.61. The van der Waals surface area contributed by atoms with Crippen LogP contribution in [0.5, 0.6) is 0 Å². The van der Waals surface area contributed by atoms with E-state index in [-0.39, 0.29) is 0 Å². The van der Waals surface area contributed by atoms with E-state index in [0.29, 0.717) is 6.04 Å². The number of nitrogens with zero attached hydrogens (tertiary/aromatic N) is 1. The maximum absolute atomic E-state index is 3.61. The first kappa shape index (κ1) is 11.6.